The SMILES string of the molecule is CCCCCCC1(CCCCCC)c2cc(-c3ccc(C#N)cc3)ccc2-c2ccc(N(c3ccc(-n4c5ccccc5c5ccccc54)cc3)c3ccc4c(c3)C(CCCCCC)(CCCCCC)c3cc(-c5ccc(C#N)cc5)ccc3-4)cc21. The van der Waals surface area contributed by atoms with E-state index >= 15 is 0 Å². The number of rotatable bonds is 26. The van der Waals surface area contributed by atoms with Crippen LogP contribution in [-0.2, 0) is 10.8 Å². The van der Waals surface area contributed by atoms with Crippen LogP contribution in [0.15, 0.2) is 194 Å². The van der Waals surface area contributed by atoms with Gasteiger partial charge in [0.15, 0.2) is 0 Å². The second-order valence-corrected chi connectivity index (χ2v) is 25.0. The molecule has 1 aromatic heterocycles. The predicted octanol–water partition coefficient (Wildman–Crippen LogP) is 23.7. The van der Waals surface area contributed by atoms with Crippen molar-refractivity contribution < 1.29 is 0 Å². The minimum atomic E-state index is -0.171. The van der Waals surface area contributed by atoms with Crippen molar-refractivity contribution in [1.82, 2.24) is 4.57 Å². The number of unbranched alkanes of at least 4 members (excludes halogenated alkanes) is 12. The average Bonchev–Trinajstić information content (AvgIpc) is 1.64. The molecular formula is C82H84N4. The van der Waals surface area contributed by atoms with Crippen LogP contribution < -0.4 is 4.90 Å². The molecule has 12 rings (SSSR count). The van der Waals surface area contributed by atoms with Crippen molar-refractivity contribution in [3.05, 3.63) is 228 Å². The van der Waals surface area contributed by atoms with Crippen LogP contribution in [0.5, 0.6) is 0 Å². The van der Waals surface area contributed by atoms with E-state index in [1.54, 1.807) is 0 Å². The fourth-order valence-corrected chi connectivity index (χ4v) is 15.2. The molecule has 4 heteroatoms. The van der Waals surface area contributed by atoms with Crippen molar-refractivity contribution >= 4 is 38.9 Å². The first-order chi connectivity index (χ1) is 42.4. The summed E-state index contributed by atoms with van der Waals surface area (Å²) in [5.41, 5.74) is 24.2. The molecule has 0 radical (unpaired) electrons. The van der Waals surface area contributed by atoms with E-state index < -0.39 is 0 Å². The van der Waals surface area contributed by atoms with Crippen LogP contribution in [0.2, 0.25) is 0 Å². The molecule has 9 aromatic carbocycles. The van der Waals surface area contributed by atoms with E-state index in [0.717, 1.165) is 48.2 Å². The summed E-state index contributed by atoms with van der Waals surface area (Å²) in [6.45, 7) is 9.32. The van der Waals surface area contributed by atoms with Gasteiger partial charge < -0.3 is 9.47 Å². The molecule has 0 amide bonds. The van der Waals surface area contributed by atoms with E-state index in [2.05, 4.69) is 219 Å². The van der Waals surface area contributed by atoms with Gasteiger partial charge in [0.1, 0.15) is 0 Å². The molecule has 432 valence electrons. The molecule has 2 aliphatic carbocycles. The smallest absolute Gasteiger partial charge is 0.0991 e. The monoisotopic (exact) mass is 1120 g/mol. The zero-order valence-electron chi connectivity index (χ0n) is 51.4. The number of para-hydroxylation sites is 2. The molecule has 0 N–H and O–H groups in total. The molecule has 4 nitrogen and oxygen atoms in total. The Morgan fingerprint density at radius 3 is 1.05 bits per heavy atom. The van der Waals surface area contributed by atoms with E-state index in [9.17, 15) is 10.5 Å². The molecule has 0 unspecified atom stereocenters. The first kappa shape index (κ1) is 58.0. The Balaban J connectivity index is 1.06. The molecule has 10 aromatic rings. The van der Waals surface area contributed by atoms with Crippen LogP contribution in [0.25, 0.3) is 72.0 Å². The summed E-state index contributed by atoms with van der Waals surface area (Å²) in [7, 11) is 0. The lowest BCUT2D eigenvalue weighted by molar-refractivity contribution is 0.401. The molecule has 0 saturated heterocycles. The number of anilines is 3. The Morgan fingerprint density at radius 2 is 0.674 bits per heavy atom. The zero-order chi connectivity index (χ0) is 59.0. The number of nitriles is 2. The molecule has 2 aliphatic rings. The van der Waals surface area contributed by atoms with Gasteiger partial charge in [-0.1, -0.05) is 227 Å². The first-order valence-corrected chi connectivity index (χ1v) is 32.9. The lowest BCUT2D eigenvalue weighted by Crippen LogP contribution is -2.26. The van der Waals surface area contributed by atoms with Gasteiger partial charge in [-0.3, -0.25) is 0 Å². The fraction of sp³-hybridized carbons (Fsp3) is 0.317. The Kier molecular flexibility index (Phi) is 17.6. The third-order valence-electron chi connectivity index (χ3n) is 19.7. The maximum Gasteiger partial charge on any atom is 0.0991 e. The maximum absolute atomic E-state index is 9.76. The predicted molar refractivity (Wildman–Crippen MR) is 363 cm³/mol. The largest absolute Gasteiger partial charge is 0.310 e. The molecule has 0 spiro atoms. The van der Waals surface area contributed by atoms with Gasteiger partial charge in [0.2, 0.25) is 0 Å². The molecule has 0 fully saturated rings. The highest BCUT2D eigenvalue weighted by atomic mass is 15.1. The minimum Gasteiger partial charge on any atom is -0.310 e. The van der Waals surface area contributed by atoms with Crippen molar-refractivity contribution in [2.45, 2.75) is 167 Å². The van der Waals surface area contributed by atoms with Gasteiger partial charge in [-0.2, -0.15) is 10.5 Å². The zero-order valence-corrected chi connectivity index (χ0v) is 51.4. The molecule has 86 heavy (non-hydrogen) atoms. The van der Waals surface area contributed by atoms with Gasteiger partial charge in [0.25, 0.3) is 0 Å². The van der Waals surface area contributed by atoms with Crippen LogP contribution in [-0.4, -0.2) is 4.57 Å². The van der Waals surface area contributed by atoms with Crippen LogP contribution in [0.3, 0.4) is 0 Å². The standard InChI is InChI=1S/C82H84N4/c1-5-9-13-21-49-81(50-22-14-10-6-2)75-53-63(61-33-29-59(57-83)30-34-61)37-45-69(75)71-47-43-67(55-77(71)81)85(65-39-41-66(42-40-65)86-79-27-19-17-25-73(79)74-26-18-20-28-80(74)86)68-44-48-72-70-46-38-64(62-35-31-60(58-84)32-36-62)54-76(70)82(78(72)56-68,51-23-15-11-7-3)52-24-16-12-8-4/h17-20,25-48,53-56H,5-16,21-24,49-52H2,1-4H3. The van der Waals surface area contributed by atoms with Crippen molar-refractivity contribution in [1.29, 1.82) is 10.5 Å². The molecule has 0 atom stereocenters. The summed E-state index contributed by atoms with van der Waals surface area (Å²) in [5.74, 6) is 0. The lowest BCUT2D eigenvalue weighted by Gasteiger charge is -2.35. The highest BCUT2D eigenvalue weighted by Gasteiger charge is 2.45. The number of benzene rings is 9. The van der Waals surface area contributed by atoms with E-state index in [1.807, 2.05) is 24.3 Å². The van der Waals surface area contributed by atoms with Gasteiger partial charge in [0, 0.05) is 44.4 Å². The fourth-order valence-electron chi connectivity index (χ4n) is 15.2. The molecular weight excluding hydrogens is 1040 g/mol. The van der Waals surface area contributed by atoms with E-state index in [1.165, 1.54) is 192 Å². The maximum atomic E-state index is 9.76. The highest BCUT2D eigenvalue weighted by Crippen LogP contribution is 2.59. The van der Waals surface area contributed by atoms with Crippen LogP contribution in [0.4, 0.5) is 17.1 Å². The molecule has 0 bridgehead atoms. The third-order valence-corrected chi connectivity index (χ3v) is 19.7. The van der Waals surface area contributed by atoms with Crippen molar-refractivity contribution in [3.8, 4) is 62.3 Å². The van der Waals surface area contributed by atoms with Gasteiger partial charge in [-0.05, 0) is 190 Å². The topological polar surface area (TPSA) is 55.8 Å². The summed E-state index contributed by atoms with van der Waals surface area (Å²) in [6.07, 6.45) is 23.8. The van der Waals surface area contributed by atoms with Crippen molar-refractivity contribution in [2.24, 2.45) is 0 Å². The number of hydrogen-bond acceptors (Lipinski definition) is 3. The van der Waals surface area contributed by atoms with Gasteiger partial charge >= 0.3 is 0 Å². The minimum absolute atomic E-state index is 0.171. The second-order valence-electron chi connectivity index (χ2n) is 25.0. The van der Waals surface area contributed by atoms with Gasteiger partial charge in [0.05, 0.1) is 34.3 Å². The quantitative estimate of drug-likeness (QED) is 0.0508. The van der Waals surface area contributed by atoms with E-state index in [4.69, 9.17) is 0 Å². The molecule has 0 aliphatic heterocycles. The third kappa shape index (κ3) is 11.0. The highest BCUT2D eigenvalue weighted by molar-refractivity contribution is 6.09. The van der Waals surface area contributed by atoms with E-state index in [-0.39, 0.29) is 10.8 Å². The Labute approximate surface area is 512 Å². The molecule has 1 heterocycles. The molecule has 0 saturated carbocycles. The van der Waals surface area contributed by atoms with Crippen molar-refractivity contribution in [2.75, 3.05) is 4.90 Å². The second kappa shape index (κ2) is 26.0. The number of nitrogens with zero attached hydrogens (tertiary/aromatic N) is 4. The van der Waals surface area contributed by atoms with Crippen LogP contribution >= 0.6 is 0 Å². The number of fused-ring (bicyclic) bond motifs is 9. The summed E-state index contributed by atoms with van der Waals surface area (Å²) >= 11 is 0. The summed E-state index contributed by atoms with van der Waals surface area (Å²) in [4.78, 5) is 2.60. The number of aromatic nitrogens is 1. The van der Waals surface area contributed by atoms with E-state index in [0.29, 0.717) is 11.1 Å². The van der Waals surface area contributed by atoms with Crippen molar-refractivity contribution in [3.63, 3.8) is 0 Å². The summed E-state index contributed by atoms with van der Waals surface area (Å²) in [6, 6.07) is 77.8. The van der Waals surface area contributed by atoms with Crippen LogP contribution in [0, 0.1) is 22.7 Å². The lowest BCUT2D eigenvalue weighted by atomic mass is 9.70. The summed E-state index contributed by atoms with van der Waals surface area (Å²) in [5, 5.41) is 22.0. The Bertz CT molecular complexity index is 3820. The Morgan fingerprint density at radius 1 is 0.337 bits per heavy atom. The first-order valence-electron chi connectivity index (χ1n) is 32.9. The van der Waals surface area contributed by atoms with Crippen LogP contribution in [0.1, 0.15) is 189 Å². The van der Waals surface area contributed by atoms with Gasteiger partial charge in [-0.25, -0.2) is 0 Å². The summed E-state index contributed by atoms with van der Waals surface area (Å²) < 4.78 is 2.44. The number of hydrogen-bond donors (Lipinski definition) is 0. The normalized spacial score (nSPS) is 13.3. The Hall–Kier alpha value is -8.44. The average molecular weight is 1130 g/mol. The van der Waals surface area contributed by atoms with Gasteiger partial charge in [-0.15, -0.1) is 0 Å².